The minimum Gasteiger partial charge on any atom is -0.346 e. The highest BCUT2D eigenvalue weighted by Crippen LogP contribution is 2.54. The first-order valence-corrected chi connectivity index (χ1v) is 49.1. The molecule has 19 aromatic rings. The highest BCUT2D eigenvalue weighted by atomic mass is 15.3. The zero-order valence-corrected chi connectivity index (χ0v) is 79.1. The van der Waals surface area contributed by atoms with Gasteiger partial charge in [0, 0.05) is 193 Å². The zero-order chi connectivity index (χ0) is 93.0. The minimum atomic E-state index is 0.00842. The summed E-state index contributed by atoms with van der Waals surface area (Å²) in [5, 5.41) is 0. The van der Waals surface area contributed by atoms with Gasteiger partial charge in [-0.05, 0) is 256 Å². The molecule has 0 saturated carbocycles. The first-order chi connectivity index (χ1) is 69.0. The van der Waals surface area contributed by atoms with E-state index >= 15 is 0 Å². The summed E-state index contributed by atoms with van der Waals surface area (Å²) in [5.41, 5.74) is 59.7. The number of fused-ring (bicyclic) bond motifs is 27. The number of nitrogens with zero attached hydrogens (tertiary/aromatic N) is 12. The maximum atomic E-state index is 2.59. The summed E-state index contributed by atoms with van der Waals surface area (Å²) in [7, 11) is 18.0. The molecule has 19 aromatic carbocycles. The summed E-state index contributed by atoms with van der Waals surface area (Å²) in [6, 6.07) is 153. The molecule has 0 atom stereocenters. The van der Waals surface area contributed by atoms with Crippen LogP contribution in [0, 0.1) is 0 Å². The molecule has 0 N–H and O–H groups in total. The third-order valence-corrected chi connectivity index (χ3v) is 32.7. The van der Waals surface area contributed by atoms with E-state index in [0.29, 0.717) is 0 Å². The Bertz CT molecular complexity index is 8010. The molecule has 18 heteroatoms. The van der Waals surface area contributed by atoms with Gasteiger partial charge in [-0.25, -0.2) is 0 Å². The second kappa shape index (κ2) is 30.3. The highest BCUT2D eigenvalue weighted by Gasteiger charge is 2.55. The Morgan fingerprint density at radius 1 is 0.121 bits per heavy atom. The van der Waals surface area contributed by atoms with Gasteiger partial charge >= 0.3 is 0 Å². The number of hydrogen-bond acceptors (Lipinski definition) is 12. The van der Waals surface area contributed by atoms with Crippen molar-refractivity contribution in [3.63, 3.8) is 0 Å². The van der Waals surface area contributed by atoms with Crippen molar-refractivity contribution in [3.05, 3.63) is 413 Å². The van der Waals surface area contributed by atoms with Gasteiger partial charge in [-0.1, -0.05) is 255 Å². The lowest BCUT2D eigenvalue weighted by Gasteiger charge is -2.50. The minimum absolute atomic E-state index is 0.00842. The molecule has 12 nitrogen and oxygen atoms in total. The Hall–Kier alpha value is -16.8. The number of rotatable bonds is 4. The smallest absolute Gasteiger partial charge is 0.254 e. The molecule has 0 radical (unpaired) electrons. The van der Waals surface area contributed by atoms with Crippen LogP contribution in [0.2, 0.25) is 0 Å². The van der Waals surface area contributed by atoms with Crippen molar-refractivity contribution in [1.82, 2.24) is 0 Å². The van der Waals surface area contributed by atoms with Crippen molar-refractivity contribution >= 4 is 298 Å². The van der Waals surface area contributed by atoms with Gasteiger partial charge in [0.15, 0.2) is 0 Å². The van der Waals surface area contributed by atoms with Crippen molar-refractivity contribution in [1.29, 1.82) is 0 Å². The molecule has 0 spiro atoms. The van der Waals surface area contributed by atoms with Gasteiger partial charge in [0.05, 0.1) is 22.7 Å². The molecule has 0 bridgehead atoms. The van der Waals surface area contributed by atoms with E-state index in [2.05, 4.69) is 528 Å². The Labute approximate surface area is 819 Å². The van der Waals surface area contributed by atoms with Crippen LogP contribution in [-0.4, -0.2) is 96.7 Å². The quantitative estimate of drug-likeness (QED) is 0.158. The number of para-hydroxylation sites is 12. The standard InChI is InChI=1S/C54H36B2N4.2C34H28B2N4/c1-5-19-37(20-6-1)57-45-29-15-13-27-41(45)55-43-35-44-52(36-51(43)59(39-23-9-3-10-24-39)49-33-17-31-47(57)53(49)55)60(40-25-11-4-12-26-40)50-34-18-32-48-54(50)56(44)42-28-14-16-30-46(42)58(48)38-21-7-2-8-22-38;1-37-25-17-9-5-13-21(25)35-22-14-6-11-19-27(22)39(3)33-29(35)31(37)32-30-34(33)40(4)28-20-12-8-16-24(28)36(30)23-15-7-10-18-26(23)38(32)2;1-37-24-13-7-5-11-21(24)35-23-19-20-30-33(34(23)40(4)29-18-10-15-26(37)31(29)35)36-22-12-6-8-14-25(22)38(2)27-16-9-17-28(32(27)36)39(30)3/h1-36H;2*5-20H,1-4H3. The molecule has 0 aliphatic carbocycles. The molecule has 0 aromatic heterocycles. The van der Waals surface area contributed by atoms with Crippen LogP contribution in [0.15, 0.2) is 413 Å². The molecule has 658 valence electrons. The van der Waals surface area contributed by atoms with Gasteiger partial charge in [0.2, 0.25) is 0 Å². The first-order valence-electron chi connectivity index (χ1n) is 49.1. The highest BCUT2D eigenvalue weighted by molar-refractivity contribution is 7.06. The van der Waals surface area contributed by atoms with Gasteiger partial charge < -0.3 is 58.8 Å². The molecule has 12 heterocycles. The Balaban J connectivity index is 0.000000104. The second-order valence-corrected chi connectivity index (χ2v) is 39.2. The molecule has 0 fully saturated rings. The van der Waals surface area contributed by atoms with Crippen molar-refractivity contribution < 1.29 is 0 Å². The van der Waals surface area contributed by atoms with Crippen LogP contribution in [0.5, 0.6) is 0 Å². The predicted octanol–water partition coefficient (Wildman–Crippen LogP) is 15.9. The fraction of sp³-hybridized carbons (Fsp3) is 0.0656. The molecule has 140 heavy (non-hydrogen) atoms. The van der Waals surface area contributed by atoms with Crippen molar-refractivity contribution in [2.45, 2.75) is 0 Å². The molecule has 0 unspecified atom stereocenters. The van der Waals surface area contributed by atoms with E-state index in [1.165, 1.54) is 235 Å². The maximum Gasteiger partial charge on any atom is 0.254 e. The van der Waals surface area contributed by atoms with Crippen molar-refractivity contribution in [3.8, 4) is 0 Å². The summed E-state index contributed by atoms with van der Waals surface area (Å²) in [5.74, 6) is 0. The van der Waals surface area contributed by atoms with Crippen LogP contribution >= 0.6 is 0 Å². The van der Waals surface area contributed by atoms with Crippen LogP contribution in [0.25, 0.3) is 0 Å². The van der Waals surface area contributed by atoms with Gasteiger partial charge in [0.25, 0.3) is 40.3 Å². The lowest BCUT2D eigenvalue weighted by atomic mass is 9.29. The third kappa shape index (κ3) is 10.9. The Morgan fingerprint density at radius 2 is 0.329 bits per heavy atom. The lowest BCUT2D eigenvalue weighted by Crippen LogP contribution is -2.67. The number of anilines is 28. The summed E-state index contributed by atoms with van der Waals surface area (Å²) in [4.78, 5) is 29.4. The van der Waals surface area contributed by atoms with Crippen LogP contribution in [0.3, 0.4) is 0 Å². The molecule has 12 aliphatic rings. The zero-order valence-electron chi connectivity index (χ0n) is 79.1. The predicted molar refractivity (Wildman–Crippen MR) is 602 cm³/mol. The summed E-state index contributed by atoms with van der Waals surface area (Å²) in [6.07, 6.45) is 0. The molecular formula is C122H92B6N12. The van der Waals surface area contributed by atoms with E-state index < -0.39 is 0 Å². The van der Waals surface area contributed by atoms with Crippen molar-refractivity contribution in [2.24, 2.45) is 0 Å². The number of benzene rings is 19. The van der Waals surface area contributed by atoms with E-state index in [4.69, 9.17) is 0 Å². The Kier molecular flexibility index (Phi) is 17.4. The average Bonchev–Trinajstić information content (AvgIpc) is 0.666. The van der Waals surface area contributed by atoms with E-state index in [9.17, 15) is 0 Å². The van der Waals surface area contributed by atoms with E-state index in [1.54, 1.807) is 0 Å². The van der Waals surface area contributed by atoms with E-state index in [1.807, 2.05) is 0 Å². The SMILES string of the molecule is CN1c2ccccc2B2c3c1cccc3N(C)c1ccc3c(c12)N(C)c1cccc2c1B3c1ccccc1N2C.CN1c2ccccc2B2c3ccccc3N(C)c3c2c1c1c2c3N(C)c3ccccc3B2c2ccccc2N1C.c1ccc(N2c3ccccc3B3c4cc5c(cc4N(c4ccccc4)c4cccc2c43)N(c2ccccc2)c2cccc3c2B5c2ccccc2N3c2ccccc2)cc1. The average molecular weight is 1790 g/mol. The topological polar surface area (TPSA) is 38.9 Å². The van der Waals surface area contributed by atoms with E-state index in [0.717, 1.165) is 22.7 Å². The normalized spacial score (nSPS) is 14.6. The Morgan fingerprint density at radius 3 is 0.657 bits per heavy atom. The van der Waals surface area contributed by atoms with Crippen LogP contribution in [0.4, 0.5) is 159 Å². The summed E-state index contributed by atoms with van der Waals surface area (Å²) < 4.78 is 0. The van der Waals surface area contributed by atoms with E-state index in [-0.39, 0.29) is 40.3 Å². The maximum absolute atomic E-state index is 2.59. The van der Waals surface area contributed by atoms with Gasteiger partial charge in [-0.15, -0.1) is 0 Å². The molecular weight excluding hydrogens is 1700 g/mol. The fourth-order valence-electron chi connectivity index (χ4n) is 27.1. The monoisotopic (exact) mass is 1790 g/mol. The summed E-state index contributed by atoms with van der Waals surface area (Å²) >= 11 is 0. The third-order valence-electron chi connectivity index (χ3n) is 32.7. The summed E-state index contributed by atoms with van der Waals surface area (Å²) in [6.45, 7) is 0.706. The molecule has 0 amide bonds. The van der Waals surface area contributed by atoms with Gasteiger partial charge in [0.1, 0.15) is 0 Å². The van der Waals surface area contributed by atoms with Crippen LogP contribution in [-0.2, 0) is 0 Å². The van der Waals surface area contributed by atoms with Gasteiger partial charge in [-0.2, -0.15) is 0 Å². The van der Waals surface area contributed by atoms with Crippen molar-refractivity contribution in [2.75, 3.05) is 115 Å². The molecule has 31 rings (SSSR count). The lowest BCUT2D eigenvalue weighted by molar-refractivity contribution is 1.12. The number of hydrogen-bond donors (Lipinski definition) is 0. The largest absolute Gasteiger partial charge is 0.346 e. The fourth-order valence-corrected chi connectivity index (χ4v) is 27.1. The van der Waals surface area contributed by atoms with Crippen LogP contribution < -0.4 is 157 Å². The molecule has 12 aliphatic heterocycles. The van der Waals surface area contributed by atoms with Gasteiger partial charge in [-0.3, -0.25) is 0 Å². The first kappa shape index (κ1) is 80.4. The van der Waals surface area contributed by atoms with Crippen LogP contribution in [0.1, 0.15) is 0 Å². The second-order valence-electron chi connectivity index (χ2n) is 39.2. The molecule has 0 saturated heterocycles.